The molecule has 0 N–H and O–H groups in total. The Morgan fingerprint density at radius 1 is 0.431 bits per heavy atom. The second kappa shape index (κ2) is 14.5. The number of thioether (sulfide) groups is 1. The maximum Gasteiger partial charge on any atom is 0.159 e. The first kappa shape index (κ1) is 38.0. The van der Waals surface area contributed by atoms with Crippen LogP contribution in [0.1, 0.15) is 44.9 Å². The van der Waals surface area contributed by atoms with Crippen molar-refractivity contribution in [3.05, 3.63) is 221 Å². The van der Waals surface area contributed by atoms with Gasteiger partial charge in [0.05, 0.1) is 22.8 Å². The summed E-state index contributed by atoms with van der Waals surface area (Å²) < 4.78 is 13.6. The van der Waals surface area contributed by atoms with E-state index in [9.17, 15) is 0 Å². The van der Waals surface area contributed by atoms with E-state index in [1.165, 1.54) is 54.6 Å². The van der Waals surface area contributed by atoms with E-state index in [4.69, 9.17) is 8.83 Å². The molecule has 0 bridgehead atoms. The summed E-state index contributed by atoms with van der Waals surface area (Å²) >= 11 is 1.98. The molecule has 0 saturated carbocycles. The van der Waals surface area contributed by atoms with Crippen molar-refractivity contribution in [2.45, 2.75) is 43.8 Å². The van der Waals surface area contributed by atoms with E-state index < -0.39 is 0 Å². The predicted octanol–water partition coefficient (Wildman–Crippen LogP) is 17.1. The number of fused-ring (bicyclic) bond motifs is 13. The van der Waals surface area contributed by atoms with Gasteiger partial charge >= 0.3 is 0 Å². The van der Waals surface area contributed by atoms with Crippen LogP contribution < -0.4 is 9.80 Å². The molecule has 0 fully saturated rings. The summed E-state index contributed by atoms with van der Waals surface area (Å²) in [5, 5.41) is 7.08. The van der Waals surface area contributed by atoms with Crippen LogP contribution in [0, 0.1) is 27.7 Å². The second-order valence-electron chi connectivity index (χ2n) is 17.8. The Balaban J connectivity index is 1.04. The number of furan rings is 2. The lowest BCUT2D eigenvalue weighted by molar-refractivity contribution is 0.668. The Hall–Kier alpha value is -7.47. The molecule has 3 heterocycles. The van der Waals surface area contributed by atoms with Crippen LogP contribution in [-0.4, -0.2) is 5.25 Å². The molecule has 2 unspecified atom stereocenters. The van der Waals surface area contributed by atoms with E-state index >= 15 is 0 Å². The number of benzene rings is 9. The van der Waals surface area contributed by atoms with Gasteiger partial charge in [-0.15, -0.1) is 11.8 Å². The van der Waals surface area contributed by atoms with Crippen molar-refractivity contribution in [1.29, 1.82) is 0 Å². The maximum absolute atomic E-state index is 6.79. The lowest BCUT2D eigenvalue weighted by Crippen LogP contribution is -2.25. The molecule has 0 radical (unpaired) electrons. The molecule has 5 heteroatoms. The minimum atomic E-state index is 0.131. The summed E-state index contributed by atoms with van der Waals surface area (Å²) in [6.45, 7) is 8.79. The molecule has 65 heavy (non-hydrogen) atoms. The SMILES string of the molecule is Cc1ccc(N(C2=CC3Sc4cc(N(c5ccc(C)c(C)c5)c5cccc6c5oc5ccccc56)c5ccccc5c4C3c3ccccc32)c2cccc3c2oc2ccccc23)cc1C. The second-order valence-corrected chi connectivity index (χ2v) is 19.0. The average molecular weight is 857 g/mol. The topological polar surface area (TPSA) is 32.8 Å². The molecule has 1 aliphatic carbocycles. The maximum atomic E-state index is 6.79. The molecule has 9 aromatic carbocycles. The fraction of sp³-hybridized carbons (Fsp3) is 0.100. The Kier molecular flexibility index (Phi) is 8.50. The molecule has 13 rings (SSSR count). The lowest BCUT2D eigenvalue weighted by atomic mass is 9.78. The average Bonchev–Trinajstić information content (AvgIpc) is 4.04. The zero-order valence-electron chi connectivity index (χ0n) is 36.6. The molecular weight excluding hydrogens is 813 g/mol. The third kappa shape index (κ3) is 5.78. The molecule has 0 amide bonds. The molecule has 2 aromatic heterocycles. The van der Waals surface area contributed by atoms with Crippen LogP contribution in [-0.2, 0) is 0 Å². The van der Waals surface area contributed by atoms with Crippen molar-refractivity contribution in [2.75, 3.05) is 9.80 Å². The minimum absolute atomic E-state index is 0.131. The van der Waals surface area contributed by atoms with Crippen LogP contribution in [0.15, 0.2) is 196 Å². The van der Waals surface area contributed by atoms with Crippen LogP contribution in [0.25, 0.3) is 60.3 Å². The smallest absolute Gasteiger partial charge is 0.159 e. The zero-order chi connectivity index (χ0) is 43.5. The number of para-hydroxylation sites is 4. The summed E-state index contributed by atoms with van der Waals surface area (Å²) in [7, 11) is 0. The van der Waals surface area contributed by atoms with Gasteiger partial charge in [0.1, 0.15) is 11.2 Å². The van der Waals surface area contributed by atoms with Crippen LogP contribution >= 0.6 is 11.8 Å². The van der Waals surface area contributed by atoms with Gasteiger partial charge in [0.2, 0.25) is 0 Å². The molecule has 0 saturated heterocycles. The summed E-state index contributed by atoms with van der Waals surface area (Å²) in [5.41, 5.74) is 19.1. The van der Waals surface area contributed by atoms with Crippen LogP contribution in [0.5, 0.6) is 0 Å². The monoisotopic (exact) mass is 856 g/mol. The molecule has 11 aromatic rings. The zero-order valence-corrected chi connectivity index (χ0v) is 37.4. The fourth-order valence-corrected chi connectivity index (χ4v) is 12.1. The first-order chi connectivity index (χ1) is 31.9. The molecule has 312 valence electrons. The van der Waals surface area contributed by atoms with Crippen molar-refractivity contribution in [1.82, 2.24) is 0 Å². The van der Waals surface area contributed by atoms with Crippen molar-refractivity contribution in [3.63, 3.8) is 0 Å². The van der Waals surface area contributed by atoms with Crippen molar-refractivity contribution in [2.24, 2.45) is 0 Å². The molecule has 4 nitrogen and oxygen atoms in total. The van der Waals surface area contributed by atoms with Gasteiger partial charge in [0.25, 0.3) is 0 Å². The van der Waals surface area contributed by atoms with Crippen LogP contribution in [0.3, 0.4) is 0 Å². The van der Waals surface area contributed by atoms with Crippen LogP contribution in [0.2, 0.25) is 0 Å². The van der Waals surface area contributed by atoms with E-state index in [2.05, 4.69) is 219 Å². The number of anilines is 5. The van der Waals surface area contributed by atoms with Gasteiger partial charge in [-0.25, -0.2) is 0 Å². The number of rotatable bonds is 6. The Bertz CT molecular complexity index is 3800. The standard InChI is InChI=1S/C60H44N2O2S/c1-35-27-29-39(31-37(35)3)61(49-23-13-21-47-43-17-9-11-25-53(43)63-59(47)49)51-33-55-57(45-19-7-5-15-41(45)51)58-46-20-8-6-16-42(46)52(34-56(58)65-55)62(40-30-28-36(2)38(4)32-40)50-24-14-22-48-44-18-10-12-26-54(44)64-60(48)50/h5-34,55,57H,1-4H3. The summed E-state index contributed by atoms with van der Waals surface area (Å²) in [4.78, 5) is 6.19. The normalized spacial score (nSPS) is 15.4. The highest BCUT2D eigenvalue weighted by atomic mass is 32.2. The Labute approximate surface area is 382 Å². The van der Waals surface area contributed by atoms with E-state index in [0.29, 0.717) is 0 Å². The number of hydrogen-bond acceptors (Lipinski definition) is 5. The first-order valence-corrected chi connectivity index (χ1v) is 23.4. The van der Waals surface area contributed by atoms with Gasteiger partial charge in [-0.1, -0.05) is 121 Å². The van der Waals surface area contributed by atoms with Gasteiger partial charge in [-0.05, 0) is 127 Å². The molecule has 2 aliphatic rings. The molecule has 2 atom stereocenters. The van der Waals surface area contributed by atoms with Gasteiger partial charge < -0.3 is 18.6 Å². The van der Waals surface area contributed by atoms with Gasteiger partial charge in [0, 0.05) is 59.9 Å². The fourth-order valence-electron chi connectivity index (χ4n) is 10.6. The summed E-state index contributed by atoms with van der Waals surface area (Å²) in [6.07, 6.45) is 2.54. The predicted molar refractivity (Wildman–Crippen MR) is 273 cm³/mol. The Morgan fingerprint density at radius 3 is 1.58 bits per heavy atom. The molecular formula is C60H44N2O2S. The largest absolute Gasteiger partial charge is 0.454 e. The third-order valence-electron chi connectivity index (χ3n) is 14.1. The number of hydrogen-bond donors (Lipinski definition) is 0. The van der Waals surface area contributed by atoms with E-state index in [1.807, 2.05) is 11.8 Å². The van der Waals surface area contributed by atoms with Gasteiger partial charge in [-0.2, -0.15) is 0 Å². The lowest BCUT2D eigenvalue weighted by Gasteiger charge is -2.35. The highest BCUT2D eigenvalue weighted by molar-refractivity contribution is 8.00. The summed E-state index contributed by atoms with van der Waals surface area (Å²) in [5.74, 6) is 0.145. The Morgan fingerprint density at radius 2 is 0.954 bits per heavy atom. The van der Waals surface area contributed by atoms with Crippen molar-refractivity contribution in [3.8, 4) is 0 Å². The van der Waals surface area contributed by atoms with Crippen molar-refractivity contribution < 1.29 is 8.83 Å². The molecule has 1 aliphatic heterocycles. The van der Waals surface area contributed by atoms with Crippen molar-refractivity contribution >= 4 is 101 Å². The third-order valence-corrected chi connectivity index (χ3v) is 15.3. The number of nitrogens with zero attached hydrogens (tertiary/aromatic N) is 2. The van der Waals surface area contributed by atoms with Gasteiger partial charge in [0.15, 0.2) is 11.2 Å². The minimum Gasteiger partial charge on any atom is -0.454 e. The number of aryl methyl sites for hydroxylation is 4. The highest BCUT2D eigenvalue weighted by Gasteiger charge is 2.42. The first-order valence-electron chi connectivity index (χ1n) is 22.5. The van der Waals surface area contributed by atoms with Crippen LogP contribution in [0.4, 0.5) is 28.4 Å². The van der Waals surface area contributed by atoms with E-state index in [0.717, 1.165) is 78.0 Å². The highest BCUT2D eigenvalue weighted by Crippen LogP contribution is 2.59. The van der Waals surface area contributed by atoms with Gasteiger partial charge in [-0.3, -0.25) is 0 Å². The van der Waals surface area contributed by atoms with E-state index in [-0.39, 0.29) is 11.2 Å². The molecule has 0 spiro atoms. The van der Waals surface area contributed by atoms with E-state index in [1.54, 1.807) is 0 Å². The summed E-state index contributed by atoms with van der Waals surface area (Å²) in [6, 6.07) is 64.1. The quantitative estimate of drug-likeness (QED) is 0.166.